The third-order valence-corrected chi connectivity index (χ3v) is 3.62. The van der Waals surface area contributed by atoms with Crippen LogP contribution in [0.15, 0.2) is 0 Å². The predicted molar refractivity (Wildman–Crippen MR) is 72.1 cm³/mol. The van der Waals surface area contributed by atoms with E-state index < -0.39 is 0 Å². The van der Waals surface area contributed by atoms with Crippen molar-refractivity contribution in [3.8, 4) is 0 Å². The third-order valence-electron chi connectivity index (χ3n) is 3.03. The van der Waals surface area contributed by atoms with Gasteiger partial charge in [0, 0.05) is 17.5 Å². The Morgan fingerprint density at radius 1 is 1.44 bits per heavy atom. The molecule has 0 bridgehead atoms. The Morgan fingerprint density at radius 3 is 2.69 bits per heavy atom. The summed E-state index contributed by atoms with van der Waals surface area (Å²) in [6, 6.07) is 0.260. The summed E-state index contributed by atoms with van der Waals surface area (Å²) in [6.07, 6.45) is 4.10. The maximum absolute atomic E-state index is 6.01. The molecule has 0 saturated heterocycles. The number of thioether (sulfide) groups is 1. The molecule has 0 aliphatic heterocycles. The van der Waals surface area contributed by atoms with Gasteiger partial charge in [-0.25, -0.2) is 0 Å². The third kappa shape index (κ3) is 3.25. The quantitative estimate of drug-likeness (QED) is 0.830. The topological polar surface area (TPSA) is 43.8 Å². The van der Waals surface area contributed by atoms with E-state index in [0.717, 1.165) is 30.8 Å². The average Bonchev–Trinajstić information content (AvgIpc) is 2.53. The highest BCUT2D eigenvalue weighted by Crippen LogP contribution is 2.16. The highest BCUT2D eigenvalue weighted by Gasteiger charge is 2.13. The molecule has 0 fully saturated rings. The van der Waals surface area contributed by atoms with E-state index >= 15 is 0 Å². The molecule has 4 heteroatoms. The molecular formula is C12H23N3S. The second kappa shape index (κ2) is 6.30. The van der Waals surface area contributed by atoms with Crippen LogP contribution in [0.5, 0.6) is 0 Å². The lowest BCUT2D eigenvalue weighted by molar-refractivity contribution is 0.629. The first-order chi connectivity index (χ1) is 7.60. The SMILES string of the molecule is CCC(N)Cc1c(C)nn(CCSC)c1C. The summed E-state index contributed by atoms with van der Waals surface area (Å²) in [5, 5.41) is 4.58. The first-order valence-corrected chi connectivity index (χ1v) is 7.26. The summed E-state index contributed by atoms with van der Waals surface area (Å²) in [5.41, 5.74) is 9.78. The van der Waals surface area contributed by atoms with Gasteiger partial charge in [0.1, 0.15) is 0 Å². The van der Waals surface area contributed by atoms with Gasteiger partial charge in [0.2, 0.25) is 0 Å². The molecule has 3 nitrogen and oxygen atoms in total. The van der Waals surface area contributed by atoms with Gasteiger partial charge in [-0.3, -0.25) is 4.68 Å². The molecule has 1 unspecified atom stereocenters. The van der Waals surface area contributed by atoms with E-state index in [9.17, 15) is 0 Å². The van der Waals surface area contributed by atoms with Gasteiger partial charge in [0.05, 0.1) is 12.2 Å². The van der Waals surface area contributed by atoms with Crippen molar-refractivity contribution in [1.29, 1.82) is 0 Å². The zero-order chi connectivity index (χ0) is 12.1. The first kappa shape index (κ1) is 13.6. The van der Waals surface area contributed by atoms with E-state index in [4.69, 9.17) is 5.73 Å². The predicted octanol–water partition coefficient (Wildman–Crippen LogP) is 2.14. The maximum atomic E-state index is 6.01. The van der Waals surface area contributed by atoms with Crippen molar-refractivity contribution in [2.45, 2.75) is 46.2 Å². The van der Waals surface area contributed by atoms with Crippen LogP contribution in [-0.2, 0) is 13.0 Å². The van der Waals surface area contributed by atoms with Crippen molar-refractivity contribution < 1.29 is 0 Å². The fourth-order valence-electron chi connectivity index (χ4n) is 1.83. The summed E-state index contributed by atoms with van der Waals surface area (Å²) in [7, 11) is 0. The molecule has 0 aliphatic rings. The molecule has 0 spiro atoms. The van der Waals surface area contributed by atoms with Crippen molar-refractivity contribution in [3.05, 3.63) is 17.0 Å². The second-order valence-corrected chi connectivity index (χ2v) is 5.22. The summed E-state index contributed by atoms with van der Waals surface area (Å²) in [6.45, 7) is 7.36. The number of nitrogens with zero attached hydrogens (tertiary/aromatic N) is 2. The Bertz CT molecular complexity index is 333. The molecule has 1 aromatic heterocycles. The largest absolute Gasteiger partial charge is 0.327 e. The zero-order valence-electron chi connectivity index (χ0n) is 10.8. The second-order valence-electron chi connectivity index (χ2n) is 4.24. The van der Waals surface area contributed by atoms with Gasteiger partial charge in [-0.1, -0.05) is 6.92 Å². The number of rotatable bonds is 6. The molecule has 0 aromatic carbocycles. The van der Waals surface area contributed by atoms with Crippen LogP contribution in [0.1, 0.15) is 30.3 Å². The Balaban J connectivity index is 2.80. The minimum Gasteiger partial charge on any atom is -0.327 e. The van der Waals surface area contributed by atoms with E-state index in [-0.39, 0.29) is 6.04 Å². The van der Waals surface area contributed by atoms with E-state index in [1.807, 2.05) is 11.8 Å². The normalized spacial score (nSPS) is 13.1. The number of hydrogen-bond acceptors (Lipinski definition) is 3. The number of aryl methyl sites for hydroxylation is 2. The van der Waals surface area contributed by atoms with Crippen molar-refractivity contribution in [1.82, 2.24) is 9.78 Å². The molecule has 0 radical (unpaired) electrons. The Kier molecular flexibility index (Phi) is 5.35. The minimum atomic E-state index is 0.260. The lowest BCUT2D eigenvalue weighted by Crippen LogP contribution is -2.22. The standard InChI is InChI=1S/C12H23N3S/c1-5-11(13)8-12-9(2)14-15(10(12)3)6-7-16-4/h11H,5-8,13H2,1-4H3. The van der Waals surface area contributed by atoms with Crippen molar-refractivity contribution in [3.63, 3.8) is 0 Å². The fourth-order valence-corrected chi connectivity index (χ4v) is 2.19. The fraction of sp³-hybridized carbons (Fsp3) is 0.750. The van der Waals surface area contributed by atoms with Crippen molar-refractivity contribution in [2.75, 3.05) is 12.0 Å². The number of nitrogens with two attached hydrogens (primary N) is 1. The van der Waals surface area contributed by atoms with Gasteiger partial charge < -0.3 is 5.73 Å². The Hall–Kier alpha value is -0.480. The lowest BCUT2D eigenvalue weighted by atomic mass is 10.0. The molecular weight excluding hydrogens is 218 g/mol. The molecule has 16 heavy (non-hydrogen) atoms. The molecule has 0 aliphatic carbocycles. The van der Waals surface area contributed by atoms with Gasteiger partial charge in [0.25, 0.3) is 0 Å². The Labute approximate surface area is 103 Å². The van der Waals surface area contributed by atoms with Gasteiger partial charge in [0.15, 0.2) is 0 Å². The summed E-state index contributed by atoms with van der Waals surface area (Å²) >= 11 is 1.85. The maximum Gasteiger partial charge on any atom is 0.0629 e. The number of aromatic nitrogens is 2. The lowest BCUT2D eigenvalue weighted by Gasteiger charge is -2.09. The van der Waals surface area contributed by atoms with Crippen LogP contribution >= 0.6 is 11.8 Å². The van der Waals surface area contributed by atoms with Gasteiger partial charge in [-0.05, 0) is 38.5 Å². The van der Waals surface area contributed by atoms with Crippen LogP contribution in [0, 0.1) is 13.8 Å². The Morgan fingerprint density at radius 2 is 2.12 bits per heavy atom. The van der Waals surface area contributed by atoms with Crippen LogP contribution < -0.4 is 5.73 Å². The molecule has 1 rings (SSSR count). The monoisotopic (exact) mass is 241 g/mol. The summed E-state index contributed by atoms with van der Waals surface area (Å²) in [5.74, 6) is 1.11. The van der Waals surface area contributed by atoms with E-state index in [0.29, 0.717) is 0 Å². The number of hydrogen-bond donors (Lipinski definition) is 1. The molecule has 1 atom stereocenters. The van der Waals surface area contributed by atoms with E-state index in [1.54, 1.807) is 0 Å². The molecule has 0 amide bonds. The zero-order valence-corrected chi connectivity index (χ0v) is 11.6. The first-order valence-electron chi connectivity index (χ1n) is 5.87. The van der Waals surface area contributed by atoms with Crippen LogP contribution in [-0.4, -0.2) is 27.8 Å². The molecule has 1 heterocycles. The smallest absolute Gasteiger partial charge is 0.0629 e. The van der Waals surface area contributed by atoms with Crippen LogP contribution in [0.25, 0.3) is 0 Å². The van der Waals surface area contributed by atoms with Crippen LogP contribution in [0.3, 0.4) is 0 Å². The molecule has 0 saturated carbocycles. The van der Waals surface area contributed by atoms with Crippen molar-refractivity contribution >= 4 is 11.8 Å². The van der Waals surface area contributed by atoms with Gasteiger partial charge >= 0.3 is 0 Å². The van der Waals surface area contributed by atoms with Crippen molar-refractivity contribution in [2.24, 2.45) is 5.73 Å². The van der Waals surface area contributed by atoms with E-state index in [1.165, 1.54) is 11.3 Å². The van der Waals surface area contributed by atoms with Gasteiger partial charge in [-0.15, -0.1) is 0 Å². The highest BCUT2D eigenvalue weighted by atomic mass is 32.2. The van der Waals surface area contributed by atoms with Gasteiger partial charge in [-0.2, -0.15) is 16.9 Å². The van der Waals surface area contributed by atoms with Crippen LogP contribution in [0.4, 0.5) is 0 Å². The molecule has 92 valence electrons. The van der Waals surface area contributed by atoms with E-state index in [2.05, 4.69) is 36.8 Å². The summed E-state index contributed by atoms with van der Waals surface area (Å²) in [4.78, 5) is 0. The van der Waals surface area contributed by atoms with Crippen LogP contribution in [0.2, 0.25) is 0 Å². The average molecular weight is 241 g/mol. The minimum absolute atomic E-state index is 0.260. The summed E-state index contributed by atoms with van der Waals surface area (Å²) < 4.78 is 2.11. The molecule has 2 N–H and O–H groups in total. The molecule has 1 aromatic rings. The highest BCUT2D eigenvalue weighted by molar-refractivity contribution is 7.98.